The van der Waals surface area contributed by atoms with Crippen LogP contribution in [0, 0.1) is 0 Å². The van der Waals surface area contributed by atoms with Gasteiger partial charge in [0.15, 0.2) is 0 Å². The quantitative estimate of drug-likeness (QED) is 0.863. The summed E-state index contributed by atoms with van der Waals surface area (Å²) in [6.07, 6.45) is 0. The zero-order valence-corrected chi connectivity index (χ0v) is 14.4. The predicted octanol–water partition coefficient (Wildman–Crippen LogP) is 3.16. The molecule has 1 fully saturated rings. The summed E-state index contributed by atoms with van der Waals surface area (Å²) >= 11 is 1.73. The van der Waals surface area contributed by atoms with E-state index in [2.05, 4.69) is 33.9 Å². The maximum absolute atomic E-state index is 12.0. The smallest absolute Gasteiger partial charge is 0.220 e. The molecule has 0 aliphatic carbocycles. The molecule has 1 aliphatic heterocycles. The van der Waals surface area contributed by atoms with Gasteiger partial charge in [0.2, 0.25) is 5.91 Å². The van der Waals surface area contributed by atoms with Crippen molar-refractivity contribution in [2.24, 2.45) is 0 Å². The van der Waals surface area contributed by atoms with Crippen molar-refractivity contribution in [1.29, 1.82) is 0 Å². The van der Waals surface area contributed by atoms with Crippen molar-refractivity contribution in [3.05, 3.63) is 52.2 Å². The van der Waals surface area contributed by atoms with Crippen LogP contribution in [0.3, 0.4) is 0 Å². The van der Waals surface area contributed by atoms with Crippen molar-refractivity contribution < 1.29 is 9.53 Å². The maximum Gasteiger partial charge on any atom is 0.220 e. The highest BCUT2D eigenvalue weighted by Crippen LogP contribution is 2.28. The van der Waals surface area contributed by atoms with Gasteiger partial charge in [-0.25, -0.2) is 0 Å². The molecule has 23 heavy (non-hydrogen) atoms. The Morgan fingerprint density at radius 2 is 2.04 bits per heavy atom. The van der Waals surface area contributed by atoms with Gasteiger partial charge in [0.1, 0.15) is 5.75 Å². The van der Waals surface area contributed by atoms with Crippen LogP contribution < -0.4 is 4.74 Å². The monoisotopic (exact) mass is 330 g/mol. The molecule has 0 N–H and O–H groups in total. The van der Waals surface area contributed by atoms with E-state index < -0.39 is 0 Å². The van der Waals surface area contributed by atoms with E-state index in [1.165, 1.54) is 5.56 Å². The van der Waals surface area contributed by atoms with Gasteiger partial charge in [0, 0.05) is 33.1 Å². The largest absolute Gasteiger partial charge is 0.497 e. The summed E-state index contributed by atoms with van der Waals surface area (Å²) in [5.74, 6) is 0.982. The summed E-state index contributed by atoms with van der Waals surface area (Å²) in [5.41, 5.74) is 2.51. The van der Waals surface area contributed by atoms with Crippen LogP contribution in [0.1, 0.15) is 24.1 Å². The Morgan fingerprint density at radius 3 is 2.65 bits per heavy atom. The van der Waals surface area contributed by atoms with Crippen molar-refractivity contribution in [2.45, 2.75) is 19.5 Å². The Morgan fingerprint density at radius 1 is 1.26 bits per heavy atom. The van der Waals surface area contributed by atoms with E-state index in [0.29, 0.717) is 0 Å². The molecule has 0 unspecified atom stereocenters. The lowest BCUT2D eigenvalue weighted by Crippen LogP contribution is -2.49. The number of carbonyl (C=O) groups excluding carboxylic acids is 1. The number of hydrogen-bond acceptors (Lipinski definition) is 4. The molecule has 0 bridgehead atoms. The number of hydrogen-bond donors (Lipinski definition) is 0. The van der Waals surface area contributed by atoms with Gasteiger partial charge >= 0.3 is 0 Å². The lowest BCUT2D eigenvalue weighted by molar-refractivity contribution is -0.134. The lowest BCUT2D eigenvalue weighted by atomic mass is 10.0. The molecule has 1 aliphatic rings. The molecule has 1 atom stereocenters. The van der Waals surface area contributed by atoms with Crippen LogP contribution in [0.25, 0.3) is 0 Å². The predicted molar refractivity (Wildman–Crippen MR) is 92.7 cm³/mol. The van der Waals surface area contributed by atoms with Gasteiger partial charge in [-0.05, 0) is 40.1 Å². The first-order chi connectivity index (χ1) is 11.2. The number of ether oxygens (including phenoxy) is 1. The third-order valence-corrected chi connectivity index (χ3v) is 5.09. The average Bonchev–Trinajstić information content (AvgIpc) is 3.07. The third kappa shape index (κ3) is 3.74. The highest BCUT2D eigenvalue weighted by molar-refractivity contribution is 7.07. The van der Waals surface area contributed by atoms with E-state index in [9.17, 15) is 4.79 Å². The van der Waals surface area contributed by atoms with Gasteiger partial charge in [-0.2, -0.15) is 11.3 Å². The minimum Gasteiger partial charge on any atom is -0.497 e. The number of rotatable bonds is 4. The van der Waals surface area contributed by atoms with Crippen LogP contribution in [-0.4, -0.2) is 42.5 Å². The molecule has 1 saturated heterocycles. The van der Waals surface area contributed by atoms with E-state index in [1.807, 2.05) is 17.0 Å². The van der Waals surface area contributed by atoms with Crippen LogP contribution in [0.2, 0.25) is 0 Å². The van der Waals surface area contributed by atoms with Gasteiger partial charge < -0.3 is 9.64 Å². The Kier molecular flexibility index (Phi) is 4.98. The van der Waals surface area contributed by atoms with E-state index >= 15 is 0 Å². The van der Waals surface area contributed by atoms with Gasteiger partial charge in [0.05, 0.1) is 13.2 Å². The van der Waals surface area contributed by atoms with Gasteiger partial charge in [-0.3, -0.25) is 9.69 Å². The van der Waals surface area contributed by atoms with Crippen molar-refractivity contribution in [3.63, 3.8) is 0 Å². The molecule has 1 amide bonds. The van der Waals surface area contributed by atoms with Crippen LogP contribution in [0.5, 0.6) is 5.75 Å². The second-order valence-electron chi connectivity index (χ2n) is 5.87. The SMILES string of the molecule is COc1ccc([C@H]2CN(Cc3ccsc3)CCN2C(C)=O)cc1. The van der Waals surface area contributed by atoms with Gasteiger partial charge in [-0.15, -0.1) is 0 Å². The van der Waals surface area contributed by atoms with E-state index in [-0.39, 0.29) is 11.9 Å². The van der Waals surface area contributed by atoms with Crippen LogP contribution >= 0.6 is 11.3 Å². The first-order valence-corrected chi connectivity index (χ1v) is 8.76. The normalized spacial score (nSPS) is 18.9. The van der Waals surface area contributed by atoms with Crippen LogP contribution in [0.15, 0.2) is 41.1 Å². The molecule has 3 rings (SSSR count). The molecule has 4 nitrogen and oxygen atoms in total. The molecule has 2 aromatic rings. The van der Waals surface area contributed by atoms with E-state index in [0.717, 1.165) is 37.5 Å². The number of benzene rings is 1. The topological polar surface area (TPSA) is 32.8 Å². The molecule has 122 valence electrons. The number of methoxy groups -OCH3 is 1. The Labute approximate surface area is 141 Å². The fraction of sp³-hybridized carbons (Fsp3) is 0.389. The van der Waals surface area contributed by atoms with Gasteiger partial charge in [-0.1, -0.05) is 12.1 Å². The molecule has 1 aromatic carbocycles. The highest BCUT2D eigenvalue weighted by atomic mass is 32.1. The average molecular weight is 330 g/mol. The molecule has 1 aromatic heterocycles. The molecular formula is C18H22N2O2S. The summed E-state index contributed by atoms with van der Waals surface area (Å²) in [4.78, 5) is 16.4. The van der Waals surface area contributed by atoms with Crippen molar-refractivity contribution in [2.75, 3.05) is 26.7 Å². The minimum absolute atomic E-state index is 0.103. The summed E-state index contributed by atoms with van der Waals surface area (Å²) in [7, 11) is 1.67. The van der Waals surface area contributed by atoms with Crippen molar-refractivity contribution in [1.82, 2.24) is 9.80 Å². The number of amides is 1. The summed E-state index contributed by atoms with van der Waals surface area (Å²) in [5, 5.41) is 4.31. The van der Waals surface area contributed by atoms with Crippen LogP contribution in [-0.2, 0) is 11.3 Å². The Balaban J connectivity index is 1.78. The second kappa shape index (κ2) is 7.15. The number of piperazine rings is 1. The third-order valence-electron chi connectivity index (χ3n) is 4.36. The summed E-state index contributed by atoms with van der Waals surface area (Å²) in [6.45, 7) is 5.16. The molecule has 5 heteroatoms. The maximum atomic E-state index is 12.0. The molecular weight excluding hydrogens is 308 g/mol. The van der Waals surface area contributed by atoms with Crippen LogP contribution in [0.4, 0.5) is 0 Å². The van der Waals surface area contributed by atoms with Crippen molar-refractivity contribution in [3.8, 4) is 5.75 Å². The second-order valence-corrected chi connectivity index (χ2v) is 6.65. The Bertz CT molecular complexity index is 640. The minimum atomic E-state index is 0.103. The van der Waals surface area contributed by atoms with Crippen molar-refractivity contribution >= 4 is 17.2 Å². The molecule has 0 spiro atoms. The number of thiophene rings is 1. The van der Waals surface area contributed by atoms with E-state index in [1.54, 1.807) is 25.4 Å². The standard InChI is InChI=1S/C18H22N2O2S/c1-14(21)20-9-8-19(11-15-7-10-23-13-15)12-18(20)16-3-5-17(22-2)6-4-16/h3-7,10,13,18H,8-9,11-12H2,1-2H3/t18-/m1/s1. The first kappa shape index (κ1) is 16.0. The molecule has 2 heterocycles. The number of nitrogens with zero attached hydrogens (tertiary/aromatic N) is 2. The summed E-state index contributed by atoms with van der Waals surface area (Å²) < 4.78 is 5.23. The first-order valence-electron chi connectivity index (χ1n) is 7.82. The fourth-order valence-electron chi connectivity index (χ4n) is 3.11. The fourth-order valence-corrected chi connectivity index (χ4v) is 3.77. The number of carbonyl (C=O) groups is 1. The zero-order chi connectivity index (χ0) is 16.2. The Hall–Kier alpha value is -1.85. The summed E-state index contributed by atoms with van der Waals surface area (Å²) in [6, 6.07) is 10.3. The van der Waals surface area contributed by atoms with Gasteiger partial charge in [0.25, 0.3) is 0 Å². The molecule has 0 saturated carbocycles. The van der Waals surface area contributed by atoms with E-state index in [4.69, 9.17) is 4.74 Å². The highest BCUT2D eigenvalue weighted by Gasteiger charge is 2.29. The zero-order valence-electron chi connectivity index (χ0n) is 13.6. The lowest BCUT2D eigenvalue weighted by Gasteiger charge is -2.41. The molecule has 0 radical (unpaired) electrons.